The average molecular weight is 273 g/mol. The third-order valence-corrected chi connectivity index (χ3v) is 3.49. The first-order valence-corrected chi connectivity index (χ1v) is 7.00. The van der Waals surface area contributed by atoms with E-state index in [1.165, 1.54) is 11.3 Å². The number of methoxy groups -OCH3 is 1. The highest BCUT2D eigenvalue weighted by Crippen LogP contribution is 2.19. The smallest absolute Gasteiger partial charge is 0.119 e. The van der Waals surface area contributed by atoms with Crippen molar-refractivity contribution in [1.29, 1.82) is 0 Å². The molecule has 0 radical (unpaired) electrons. The number of rotatable bonds is 6. The van der Waals surface area contributed by atoms with Crippen LogP contribution >= 0.6 is 0 Å². The van der Waals surface area contributed by atoms with Crippen LogP contribution in [0.15, 0.2) is 36.8 Å². The first-order chi connectivity index (χ1) is 9.61. The predicted molar refractivity (Wildman–Crippen MR) is 80.9 cm³/mol. The first kappa shape index (κ1) is 14.6. The summed E-state index contributed by atoms with van der Waals surface area (Å²) < 4.78 is 7.45. The Bertz CT molecular complexity index is 548. The normalized spacial score (nSPS) is 12.7. The molecule has 2 rings (SSSR count). The largest absolute Gasteiger partial charge is 0.497 e. The summed E-state index contributed by atoms with van der Waals surface area (Å²) in [7, 11) is 1.69. The zero-order valence-corrected chi connectivity index (χ0v) is 12.6. The van der Waals surface area contributed by atoms with Gasteiger partial charge in [-0.3, -0.25) is 0 Å². The van der Waals surface area contributed by atoms with Crippen LogP contribution in [-0.4, -0.2) is 16.7 Å². The molecule has 1 aromatic carbocycles. The molecule has 0 amide bonds. The zero-order chi connectivity index (χ0) is 14.5. The van der Waals surface area contributed by atoms with Crippen LogP contribution in [0.1, 0.15) is 44.1 Å². The molecule has 108 valence electrons. The molecule has 1 N–H and O–H groups in total. The van der Waals surface area contributed by atoms with Gasteiger partial charge < -0.3 is 14.6 Å². The minimum atomic E-state index is 0.264. The second-order valence-electron chi connectivity index (χ2n) is 5.27. The maximum Gasteiger partial charge on any atom is 0.119 e. The van der Waals surface area contributed by atoms with E-state index in [-0.39, 0.29) is 6.04 Å². The number of aromatic nitrogens is 2. The summed E-state index contributed by atoms with van der Waals surface area (Å²) in [6.07, 6.45) is 3.81. The Kier molecular flexibility index (Phi) is 4.79. The van der Waals surface area contributed by atoms with Gasteiger partial charge in [-0.1, -0.05) is 12.1 Å². The Balaban J connectivity index is 2.01. The lowest BCUT2D eigenvalue weighted by atomic mass is 10.1. The number of nitrogens with zero attached hydrogens (tertiary/aromatic N) is 2. The third kappa shape index (κ3) is 3.39. The molecular weight excluding hydrogens is 250 g/mol. The van der Waals surface area contributed by atoms with E-state index in [1.807, 2.05) is 24.7 Å². The molecular formula is C16H23N3O. The monoisotopic (exact) mass is 273 g/mol. The molecule has 0 bridgehead atoms. The number of imidazole rings is 1. The molecule has 1 heterocycles. The van der Waals surface area contributed by atoms with Gasteiger partial charge in [0.15, 0.2) is 0 Å². The summed E-state index contributed by atoms with van der Waals surface area (Å²) in [6, 6.07) is 8.86. The van der Waals surface area contributed by atoms with E-state index in [0.29, 0.717) is 6.04 Å². The predicted octanol–water partition coefficient (Wildman–Crippen LogP) is 3.32. The lowest BCUT2D eigenvalue weighted by Gasteiger charge is -2.17. The number of hydrogen-bond donors (Lipinski definition) is 1. The van der Waals surface area contributed by atoms with Gasteiger partial charge >= 0.3 is 0 Å². The topological polar surface area (TPSA) is 39.1 Å². The van der Waals surface area contributed by atoms with Gasteiger partial charge in [0.05, 0.1) is 19.1 Å². The van der Waals surface area contributed by atoms with E-state index < -0.39 is 0 Å². The van der Waals surface area contributed by atoms with E-state index in [0.717, 1.165) is 12.3 Å². The Hall–Kier alpha value is -1.81. The minimum absolute atomic E-state index is 0.264. The molecule has 4 nitrogen and oxygen atoms in total. The molecule has 4 heteroatoms. The van der Waals surface area contributed by atoms with Gasteiger partial charge in [-0.05, 0) is 38.5 Å². The molecule has 0 saturated heterocycles. The second kappa shape index (κ2) is 6.57. The Morgan fingerprint density at radius 2 is 2.10 bits per heavy atom. The minimum Gasteiger partial charge on any atom is -0.497 e. The van der Waals surface area contributed by atoms with Gasteiger partial charge in [-0.15, -0.1) is 0 Å². The number of nitrogens with one attached hydrogen (secondary N) is 1. The number of ether oxygens (including phenoxy) is 1. The van der Waals surface area contributed by atoms with Gasteiger partial charge in [0, 0.05) is 24.8 Å². The summed E-state index contributed by atoms with van der Waals surface area (Å²) in [6.45, 7) is 7.29. The van der Waals surface area contributed by atoms with Gasteiger partial charge in [0.25, 0.3) is 0 Å². The average Bonchev–Trinajstić information content (AvgIpc) is 2.93. The SMILES string of the molecule is COc1cccc(C(C)NCc2cncn2C(C)C)c1. The molecule has 1 unspecified atom stereocenters. The van der Waals surface area contributed by atoms with Gasteiger partial charge in [-0.25, -0.2) is 4.98 Å². The van der Waals surface area contributed by atoms with Crippen molar-refractivity contribution < 1.29 is 4.74 Å². The molecule has 0 spiro atoms. The van der Waals surface area contributed by atoms with Crippen molar-refractivity contribution in [1.82, 2.24) is 14.9 Å². The van der Waals surface area contributed by atoms with E-state index in [9.17, 15) is 0 Å². The van der Waals surface area contributed by atoms with Crippen LogP contribution in [0.25, 0.3) is 0 Å². The summed E-state index contributed by atoms with van der Waals surface area (Å²) in [5.74, 6) is 0.892. The van der Waals surface area contributed by atoms with E-state index >= 15 is 0 Å². The summed E-state index contributed by atoms with van der Waals surface area (Å²) >= 11 is 0. The Morgan fingerprint density at radius 1 is 1.30 bits per heavy atom. The highest BCUT2D eigenvalue weighted by Gasteiger charge is 2.09. The van der Waals surface area contributed by atoms with Crippen molar-refractivity contribution in [2.24, 2.45) is 0 Å². The molecule has 0 saturated carbocycles. The highest BCUT2D eigenvalue weighted by atomic mass is 16.5. The summed E-state index contributed by atoms with van der Waals surface area (Å²) in [5.41, 5.74) is 2.43. The summed E-state index contributed by atoms with van der Waals surface area (Å²) in [4.78, 5) is 4.22. The lowest BCUT2D eigenvalue weighted by molar-refractivity contribution is 0.413. The number of benzene rings is 1. The quantitative estimate of drug-likeness (QED) is 0.877. The number of hydrogen-bond acceptors (Lipinski definition) is 3. The van der Waals surface area contributed by atoms with Crippen molar-refractivity contribution >= 4 is 0 Å². The molecule has 20 heavy (non-hydrogen) atoms. The van der Waals surface area contributed by atoms with Crippen LogP contribution in [0.4, 0.5) is 0 Å². The van der Waals surface area contributed by atoms with Crippen LogP contribution in [0.3, 0.4) is 0 Å². The lowest BCUT2D eigenvalue weighted by Crippen LogP contribution is -2.20. The van der Waals surface area contributed by atoms with Crippen LogP contribution in [0.5, 0.6) is 5.75 Å². The van der Waals surface area contributed by atoms with Gasteiger partial charge in [0.1, 0.15) is 5.75 Å². The van der Waals surface area contributed by atoms with Crippen molar-refractivity contribution in [2.75, 3.05) is 7.11 Å². The standard InChI is InChI=1S/C16H23N3O/c1-12(2)19-11-17-9-15(19)10-18-13(3)14-6-5-7-16(8-14)20-4/h5-9,11-13,18H,10H2,1-4H3. The van der Waals surface area contributed by atoms with Crippen LogP contribution < -0.4 is 10.1 Å². The van der Waals surface area contributed by atoms with Crippen LogP contribution in [-0.2, 0) is 6.54 Å². The fourth-order valence-electron chi connectivity index (χ4n) is 2.22. The molecule has 1 atom stereocenters. The second-order valence-corrected chi connectivity index (χ2v) is 5.27. The first-order valence-electron chi connectivity index (χ1n) is 7.00. The Morgan fingerprint density at radius 3 is 2.80 bits per heavy atom. The fraction of sp³-hybridized carbons (Fsp3) is 0.438. The fourth-order valence-corrected chi connectivity index (χ4v) is 2.22. The Labute approximate surface area is 120 Å². The van der Waals surface area contributed by atoms with Crippen LogP contribution in [0.2, 0.25) is 0 Å². The van der Waals surface area contributed by atoms with Crippen LogP contribution in [0, 0.1) is 0 Å². The molecule has 0 aliphatic rings. The maximum atomic E-state index is 5.26. The van der Waals surface area contributed by atoms with E-state index in [1.54, 1.807) is 7.11 Å². The van der Waals surface area contributed by atoms with E-state index in [2.05, 4.69) is 47.8 Å². The third-order valence-electron chi connectivity index (χ3n) is 3.49. The van der Waals surface area contributed by atoms with Gasteiger partial charge in [0.2, 0.25) is 0 Å². The summed E-state index contributed by atoms with van der Waals surface area (Å²) in [5, 5.41) is 3.53. The van der Waals surface area contributed by atoms with E-state index in [4.69, 9.17) is 4.74 Å². The molecule has 1 aromatic heterocycles. The van der Waals surface area contributed by atoms with Gasteiger partial charge in [-0.2, -0.15) is 0 Å². The molecule has 2 aromatic rings. The molecule has 0 fully saturated rings. The molecule has 0 aliphatic heterocycles. The van der Waals surface area contributed by atoms with Crippen molar-refractivity contribution in [2.45, 2.75) is 39.4 Å². The van der Waals surface area contributed by atoms with Crippen molar-refractivity contribution in [3.63, 3.8) is 0 Å². The van der Waals surface area contributed by atoms with Crippen molar-refractivity contribution in [3.05, 3.63) is 48.0 Å². The highest BCUT2D eigenvalue weighted by molar-refractivity contribution is 5.30. The van der Waals surface area contributed by atoms with Crippen molar-refractivity contribution in [3.8, 4) is 5.75 Å². The maximum absolute atomic E-state index is 5.26. The molecule has 0 aliphatic carbocycles. The zero-order valence-electron chi connectivity index (χ0n) is 12.6.